The smallest absolute Gasteiger partial charge is 0.0667 e. The third-order valence-corrected chi connectivity index (χ3v) is 1.51. The van der Waals surface area contributed by atoms with Gasteiger partial charge in [0.15, 0.2) is 0 Å². The summed E-state index contributed by atoms with van der Waals surface area (Å²) in [5.74, 6) is 0.0825. The Morgan fingerprint density at radius 1 is 1.45 bits per heavy atom. The number of ether oxygens (including phenoxy) is 1. The molecule has 0 aromatic rings. The molecule has 11 heavy (non-hydrogen) atoms. The summed E-state index contributed by atoms with van der Waals surface area (Å²) in [6.45, 7) is 5.43. The molecule has 3 nitrogen and oxygen atoms in total. The molecule has 0 spiro atoms. The Hall–Kier alpha value is -0.590. The third kappa shape index (κ3) is 5.84. The van der Waals surface area contributed by atoms with Crippen LogP contribution in [0.3, 0.4) is 0 Å². The fraction of sp³-hybridized carbons (Fsp3) is 0.875. The van der Waals surface area contributed by atoms with Crippen LogP contribution < -0.4 is 5.32 Å². The van der Waals surface area contributed by atoms with Gasteiger partial charge in [-0.2, -0.15) is 5.26 Å². The standard InChI is InChI=1S/C8H16N2O/c1-7(4-9)5-10-6-8(2)11-3/h7-8,10H,5-6H2,1-3H3. The van der Waals surface area contributed by atoms with Crippen molar-refractivity contribution in [2.45, 2.75) is 20.0 Å². The molecule has 0 saturated heterocycles. The second-order valence-corrected chi connectivity index (χ2v) is 2.73. The van der Waals surface area contributed by atoms with E-state index >= 15 is 0 Å². The van der Waals surface area contributed by atoms with Gasteiger partial charge in [0.2, 0.25) is 0 Å². The first-order chi connectivity index (χ1) is 5.20. The molecule has 0 aliphatic rings. The van der Waals surface area contributed by atoms with Gasteiger partial charge in [0.05, 0.1) is 18.1 Å². The molecule has 1 N–H and O–H groups in total. The Bertz CT molecular complexity index is 131. The van der Waals surface area contributed by atoms with Crippen molar-refractivity contribution in [2.75, 3.05) is 20.2 Å². The van der Waals surface area contributed by atoms with E-state index < -0.39 is 0 Å². The van der Waals surface area contributed by atoms with Gasteiger partial charge in [0, 0.05) is 20.2 Å². The number of hydrogen-bond donors (Lipinski definition) is 1. The molecule has 0 radical (unpaired) electrons. The number of methoxy groups -OCH3 is 1. The highest BCUT2D eigenvalue weighted by molar-refractivity contribution is 4.80. The minimum absolute atomic E-state index is 0.0825. The van der Waals surface area contributed by atoms with Crippen LogP contribution in [0.4, 0.5) is 0 Å². The average molecular weight is 156 g/mol. The molecule has 0 rings (SSSR count). The highest BCUT2D eigenvalue weighted by atomic mass is 16.5. The monoisotopic (exact) mass is 156 g/mol. The summed E-state index contributed by atoms with van der Waals surface area (Å²) >= 11 is 0. The van der Waals surface area contributed by atoms with Crippen LogP contribution in [0.2, 0.25) is 0 Å². The quantitative estimate of drug-likeness (QED) is 0.639. The van der Waals surface area contributed by atoms with Crippen molar-refractivity contribution in [3.8, 4) is 6.07 Å². The van der Waals surface area contributed by atoms with Crippen molar-refractivity contribution < 1.29 is 4.74 Å². The molecule has 2 unspecified atom stereocenters. The predicted molar refractivity (Wildman–Crippen MR) is 44.1 cm³/mol. The zero-order chi connectivity index (χ0) is 8.69. The summed E-state index contributed by atoms with van der Waals surface area (Å²) in [5.41, 5.74) is 0. The van der Waals surface area contributed by atoms with E-state index in [1.54, 1.807) is 7.11 Å². The summed E-state index contributed by atoms with van der Waals surface area (Å²) in [5, 5.41) is 11.6. The normalized spacial score (nSPS) is 15.5. The zero-order valence-corrected chi connectivity index (χ0v) is 7.42. The molecule has 0 saturated carbocycles. The molecular weight excluding hydrogens is 140 g/mol. The first kappa shape index (κ1) is 10.4. The van der Waals surface area contributed by atoms with E-state index in [4.69, 9.17) is 10.00 Å². The average Bonchev–Trinajstić information content (AvgIpc) is 2.04. The molecule has 0 aliphatic carbocycles. The van der Waals surface area contributed by atoms with E-state index in [9.17, 15) is 0 Å². The number of nitrogens with zero attached hydrogens (tertiary/aromatic N) is 1. The van der Waals surface area contributed by atoms with Gasteiger partial charge in [-0.15, -0.1) is 0 Å². The Morgan fingerprint density at radius 2 is 2.09 bits per heavy atom. The van der Waals surface area contributed by atoms with Crippen LogP contribution in [0.25, 0.3) is 0 Å². The van der Waals surface area contributed by atoms with Crippen molar-refractivity contribution in [1.29, 1.82) is 5.26 Å². The molecule has 0 aliphatic heterocycles. The molecule has 64 valence electrons. The fourth-order valence-corrected chi connectivity index (χ4v) is 0.632. The largest absolute Gasteiger partial charge is 0.380 e. The number of hydrogen-bond acceptors (Lipinski definition) is 3. The van der Waals surface area contributed by atoms with E-state index in [1.807, 2.05) is 13.8 Å². The van der Waals surface area contributed by atoms with Crippen LogP contribution in [0, 0.1) is 17.2 Å². The molecular formula is C8H16N2O. The predicted octanol–water partition coefficient (Wildman–Crippen LogP) is 0.771. The third-order valence-electron chi connectivity index (χ3n) is 1.51. The number of nitrogens with one attached hydrogen (secondary N) is 1. The summed E-state index contributed by atoms with van der Waals surface area (Å²) < 4.78 is 5.02. The summed E-state index contributed by atoms with van der Waals surface area (Å²) in [4.78, 5) is 0. The van der Waals surface area contributed by atoms with Gasteiger partial charge in [-0.3, -0.25) is 0 Å². The molecule has 0 fully saturated rings. The highest BCUT2D eigenvalue weighted by Gasteiger charge is 2.00. The van der Waals surface area contributed by atoms with E-state index in [0.29, 0.717) is 0 Å². The van der Waals surface area contributed by atoms with Gasteiger partial charge < -0.3 is 10.1 Å². The first-order valence-electron chi connectivity index (χ1n) is 3.83. The second kappa shape index (κ2) is 6.14. The Labute approximate surface area is 68.3 Å². The Kier molecular flexibility index (Phi) is 5.81. The zero-order valence-electron chi connectivity index (χ0n) is 7.42. The summed E-state index contributed by atoms with van der Waals surface area (Å²) in [7, 11) is 1.68. The van der Waals surface area contributed by atoms with Gasteiger partial charge >= 0.3 is 0 Å². The molecule has 0 bridgehead atoms. The van der Waals surface area contributed by atoms with Crippen molar-refractivity contribution in [3.63, 3.8) is 0 Å². The lowest BCUT2D eigenvalue weighted by Gasteiger charge is -2.10. The summed E-state index contributed by atoms with van der Waals surface area (Å²) in [6.07, 6.45) is 0.223. The van der Waals surface area contributed by atoms with Crippen molar-refractivity contribution >= 4 is 0 Å². The van der Waals surface area contributed by atoms with Gasteiger partial charge in [-0.05, 0) is 13.8 Å². The van der Waals surface area contributed by atoms with Crippen molar-refractivity contribution in [2.24, 2.45) is 5.92 Å². The van der Waals surface area contributed by atoms with E-state index in [-0.39, 0.29) is 12.0 Å². The molecule has 0 aromatic carbocycles. The summed E-state index contributed by atoms with van der Waals surface area (Å²) in [6, 6.07) is 2.15. The van der Waals surface area contributed by atoms with Gasteiger partial charge in [-0.1, -0.05) is 0 Å². The lowest BCUT2D eigenvalue weighted by Crippen LogP contribution is -2.29. The Balaban J connectivity index is 3.21. The maximum atomic E-state index is 8.44. The van der Waals surface area contributed by atoms with Gasteiger partial charge in [0.25, 0.3) is 0 Å². The second-order valence-electron chi connectivity index (χ2n) is 2.73. The molecule has 0 aromatic heterocycles. The van der Waals surface area contributed by atoms with Crippen molar-refractivity contribution in [3.05, 3.63) is 0 Å². The van der Waals surface area contributed by atoms with Crippen LogP contribution in [0.15, 0.2) is 0 Å². The van der Waals surface area contributed by atoms with E-state index in [1.165, 1.54) is 0 Å². The van der Waals surface area contributed by atoms with Crippen LogP contribution in [0.1, 0.15) is 13.8 Å². The molecule has 3 heteroatoms. The number of nitriles is 1. The van der Waals surface area contributed by atoms with Gasteiger partial charge in [-0.25, -0.2) is 0 Å². The van der Waals surface area contributed by atoms with Crippen LogP contribution in [-0.4, -0.2) is 26.3 Å². The van der Waals surface area contributed by atoms with E-state index in [2.05, 4.69) is 11.4 Å². The SMILES string of the molecule is COC(C)CNCC(C)C#N. The van der Waals surface area contributed by atoms with Crippen LogP contribution in [-0.2, 0) is 4.74 Å². The van der Waals surface area contributed by atoms with Crippen molar-refractivity contribution in [1.82, 2.24) is 5.32 Å². The molecule has 2 atom stereocenters. The maximum Gasteiger partial charge on any atom is 0.0667 e. The van der Waals surface area contributed by atoms with Crippen LogP contribution >= 0.6 is 0 Å². The minimum Gasteiger partial charge on any atom is -0.380 e. The number of rotatable bonds is 5. The highest BCUT2D eigenvalue weighted by Crippen LogP contribution is 1.89. The first-order valence-corrected chi connectivity index (χ1v) is 3.83. The fourth-order valence-electron chi connectivity index (χ4n) is 0.632. The minimum atomic E-state index is 0.0825. The van der Waals surface area contributed by atoms with Crippen LogP contribution in [0.5, 0.6) is 0 Å². The lowest BCUT2D eigenvalue weighted by atomic mass is 10.2. The van der Waals surface area contributed by atoms with E-state index in [0.717, 1.165) is 13.1 Å². The maximum absolute atomic E-state index is 8.44. The topological polar surface area (TPSA) is 45.0 Å². The lowest BCUT2D eigenvalue weighted by molar-refractivity contribution is 0.117. The van der Waals surface area contributed by atoms with Gasteiger partial charge in [0.1, 0.15) is 0 Å². The molecule has 0 heterocycles. The molecule has 0 amide bonds. The Morgan fingerprint density at radius 3 is 2.55 bits per heavy atom.